The van der Waals surface area contributed by atoms with Crippen LogP contribution in [-0.2, 0) is 11.3 Å². The maximum atomic E-state index is 6.11. The number of anilines is 1. The lowest BCUT2D eigenvalue weighted by Gasteiger charge is -2.35. The molecule has 2 aliphatic rings. The first-order valence-electron chi connectivity index (χ1n) is 7.83. The Kier molecular flexibility index (Phi) is 4.93. The highest BCUT2D eigenvalue weighted by Gasteiger charge is 2.26. The maximum Gasteiger partial charge on any atom is 0.158 e. The van der Waals surface area contributed by atoms with Gasteiger partial charge in [-0.2, -0.15) is 0 Å². The lowest BCUT2D eigenvalue weighted by Crippen LogP contribution is -2.47. The molecule has 1 saturated carbocycles. The van der Waals surface area contributed by atoms with Gasteiger partial charge in [0.1, 0.15) is 17.6 Å². The minimum atomic E-state index is 0.422. The predicted molar refractivity (Wildman–Crippen MR) is 83.7 cm³/mol. The molecule has 0 amide bonds. The van der Waals surface area contributed by atoms with Crippen molar-refractivity contribution in [1.82, 2.24) is 14.9 Å². The van der Waals surface area contributed by atoms with Gasteiger partial charge in [-0.1, -0.05) is 11.6 Å². The molecule has 2 fully saturated rings. The van der Waals surface area contributed by atoms with Crippen LogP contribution in [0.5, 0.6) is 0 Å². The molecule has 0 unspecified atom stereocenters. The Hall–Kier alpha value is -0.910. The highest BCUT2D eigenvalue weighted by Crippen LogP contribution is 2.30. The van der Waals surface area contributed by atoms with E-state index in [1.807, 2.05) is 13.0 Å². The lowest BCUT2D eigenvalue weighted by molar-refractivity contribution is 0.128. The van der Waals surface area contributed by atoms with Gasteiger partial charge < -0.3 is 9.64 Å². The van der Waals surface area contributed by atoms with Gasteiger partial charge in [-0.25, -0.2) is 9.97 Å². The first-order valence-corrected chi connectivity index (χ1v) is 8.21. The number of rotatable bonds is 6. The highest BCUT2D eigenvalue weighted by molar-refractivity contribution is 6.29. The van der Waals surface area contributed by atoms with Crippen LogP contribution in [0.25, 0.3) is 0 Å². The smallest absolute Gasteiger partial charge is 0.158 e. The van der Waals surface area contributed by atoms with E-state index in [0.29, 0.717) is 24.2 Å². The van der Waals surface area contributed by atoms with Crippen LogP contribution < -0.4 is 4.90 Å². The summed E-state index contributed by atoms with van der Waals surface area (Å²) in [5.41, 5.74) is 0. The highest BCUT2D eigenvalue weighted by atomic mass is 35.5. The van der Waals surface area contributed by atoms with E-state index in [0.717, 1.165) is 37.9 Å². The zero-order valence-electron chi connectivity index (χ0n) is 12.6. The zero-order valence-corrected chi connectivity index (χ0v) is 13.3. The van der Waals surface area contributed by atoms with Crippen molar-refractivity contribution < 1.29 is 4.74 Å². The third kappa shape index (κ3) is 4.28. The average Bonchev–Trinajstić information content (AvgIpc) is 3.29. The van der Waals surface area contributed by atoms with Crippen LogP contribution in [0.15, 0.2) is 6.07 Å². The maximum absolute atomic E-state index is 6.11. The zero-order chi connectivity index (χ0) is 14.7. The van der Waals surface area contributed by atoms with Gasteiger partial charge >= 0.3 is 0 Å². The van der Waals surface area contributed by atoms with Crippen molar-refractivity contribution in [3.05, 3.63) is 17.0 Å². The molecule has 0 N–H and O–H groups in total. The van der Waals surface area contributed by atoms with E-state index in [1.165, 1.54) is 19.4 Å². The second kappa shape index (κ2) is 6.90. The minimum Gasteiger partial charge on any atom is -0.374 e. The third-order valence-electron chi connectivity index (χ3n) is 4.07. The van der Waals surface area contributed by atoms with Crippen molar-refractivity contribution in [3.63, 3.8) is 0 Å². The predicted octanol–water partition coefficient (Wildman–Crippen LogP) is 2.20. The largest absolute Gasteiger partial charge is 0.374 e. The summed E-state index contributed by atoms with van der Waals surface area (Å²) in [6.45, 7) is 8.55. The molecule has 1 aromatic heterocycles. The van der Waals surface area contributed by atoms with Crippen LogP contribution in [0.3, 0.4) is 0 Å². The number of ether oxygens (including phenoxy) is 1. The van der Waals surface area contributed by atoms with E-state index in [1.54, 1.807) is 0 Å². The molecule has 1 aliphatic heterocycles. The Morgan fingerprint density at radius 2 is 2.00 bits per heavy atom. The van der Waals surface area contributed by atoms with Gasteiger partial charge in [0.15, 0.2) is 5.82 Å². The molecule has 6 heteroatoms. The average molecular weight is 311 g/mol. The van der Waals surface area contributed by atoms with Gasteiger partial charge in [-0.15, -0.1) is 0 Å². The molecule has 5 nitrogen and oxygen atoms in total. The van der Waals surface area contributed by atoms with Crippen LogP contribution in [0, 0.1) is 5.92 Å². The lowest BCUT2D eigenvalue weighted by atomic mass is 10.3. The second-order valence-electron chi connectivity index (χ2n) is 5.83. The number of hydrogen-bond acceptors (Lipinski definition) is 5. The molecule has 0 radical (unpaired) electrons. The topological polar surface area (TPSA) is 41.5 Å². The number of aromatic nitrogens is 2. The molecule has 0 aromatic carbocycles. The van der Waals surface area contributed by atoms with Crippen LogP contribution in [0.2, 0.25) is 5.15 Å². The molecular formula is C15H23ClN4O. The number of halogens is 1. The molecule has 3 rings (SSSR count). The summed E-state index contributed by atoms with van der Waals surface area (Å²) >= 11 is 6.11. The van der Waals surface area contributed by atoms with Gasteiger partial charge in [0.2, 0.25) is 0 Å². The van der Waals surface area contributed by atoms with Crippen molar-refractivity contribution in [1.29, 1.82) is 0 Å². The molecule has 0 atom stereocenters. The number of piperazine rings is 1. The Morgan fingerprint density at radius 1 is 1.24 bits per heavy atom. The summed E-state index contributed by atoms with van der Waals surface area (Å²) in [7, 11) is 0. The molecule has 1 aliphatic carbocycles. The summed E-state index contributed by atoms with van der Waals surface area (Å²) in [4.78, 5) is 13.7. The van der Waals surface area contributed by atoms with Crippen molar-refractivity contribution in [3.8, 4) is 0 Å². The summed E-state index contributed by atoms with van der Waals surface area (Å²) in [5.74, 6) is 2.55. The Morgan fingerprint density at radius 3 is 2.67 bits per heavy atom. The number of nitrogens with zero attached hydrogens (tertiary/aromatic N) is 4. The van der Waals surface area contributed by atoms with Gasteiger partial charge in [-0.05, 0) is 25.7 Å². The van der Waals surface area contributed by atoms with E-state index >= 15 is 0 Å². The first kappa shape index (κ1) is 15.0. The molecule has 1 aromatic rings. The Labute approximate surface area is 131 Å². The van der Waals surface area contributed by atoms with Crippen LogP contribution in [0.4, 0.5) is 5.82 Å². The molecule has 1 saturated heterocycles. The fourth-order valence-corrected chi connectivity index (χ4v) is 2.89. The molecule has 0 bridgehead atoms. The summed E-state index contributed by atoms with van der Waals surface area (Å²) in [5, 5.41) is 0.495. The van der Waals surface area contributed by atoms with Crippen LogP contribution in [0.1, 0.15) is 25.6 Å². The molecule has 21 heavy (non-hydrogen) atoms. The van der Waals surface area contributed by atoms with Crippen LogP contribution in [-0.4, -0.2) is 54.2 Å². The molecular weight excluding hydrogens is 288 g/mol. The Bertz CT molecular complexity index is 473. The first-order chi connectivity index (χ1) is 10.2. The van der Waals surface area contributed by atoms with Gasteiger partial charge in [0.25, 0.3) is 0 Å². The Balaban J connectivity index is 1.59. The SMILES string of the molecule is CCOCc1nc(Cl)cc(N2CCN(CC3CC3)CC2)n1. The van der Waals surface area contributed by atoms with E-state index in [-0.39, 0.29) is 0 Å². The molecule has 2 heterocycles. The minimum absolute atomic E-state index is 0.422. The standard InChI is InChI=1S/C15H23ClN4O/c1-2-21-11-14-17-13(16)9-15(18-14)20-7-5-19(6-8-20)10-12-3-4-12/h9,12H,2-8,10-11H2,1H3. The third-order valence-corrected chi connectivity index (χ3v) is 4.27. The summed E-state index contributed by atoms with van der Waals surface area (Å²) in [6, 6.07) is 1.85. The van der Waals surface area contributed by atoms with Gasteiger partial charge in [0.05, 0.1) is 0 Å². The van der Waals surface area contributed by atoms with Gasteiger partial charge in [0, 0.05) is 45.4 Å². The summed E-state index contributed by atoms with van der Waals surface area (Å²) < 4.78 is 5.37. The van der Waals surface area contributed by atoms with Crippen molar-refractivity contribution >= 4 is 17.4 Å². The van der Waals surface area contributed by atoms with E-state index in [4.69, 9.17) is 16.3 Å². The van der Waals surface area contributed by atoms with Crippen molar-refractivity contribution in [2.24, 2.45) is 5.92 Å². The monoisotopic (exact) mass is 310 g/mol. The van der Waals surface area contributed by atoms with Gasteiger partial charge in [-0.3, -0.25) is 4.90 Å². The second-order valence-corrected chi connectivity index (χ2v) is 6.22. The van der Waals surface area contributed by atoms with E-state index in [9.17, 15) is 0 Å². The number of hydrogen-bond donors (Lipinski definition) is 0. The fourth-order valence-electron chi connectivity index (χ4n) is 2.70. The quantitative estimate of drug-likeness (QED) is 0.754. The fraction of sp³-hybridized carbons (Fsp3) is 0.733. The van der Waals surface area contributed by atoms with Crippen LogP contribution >= 0.6 is 11.6 Å². The van der Waals surface area contributed by atoms with Crippen molar-refractivity contribution in [2.75, 3.05) is 44.2 Å². The van der Waals surface area contributed by atoms with E-state index in [2.05, 4.69) is 19.8 Å². The molecule has 116 valence electrons. The van der Waals surface area contributed by atoms with E-state index < -0.39 is 0 Å². The molecule has 0 spiro atoms. The van der Waals surface area contributed by atoms with Crippen molar-refractivity contribution in [2.45, 2.75) is 26.4 Å². The normalized spacial score (nSPS) is 20.0. The summed E-state index contributed by atoms with van der Waals surface area (Å²) in [6.07, 6.45) is 2.84.